The molecule has 1 saturated carbocycles. The second-order valence-corrected chi connectivity index (χ2v) is 6.56. The Labute approximate surface area is 127 Å². The molecule has 2 heterocycles. The summed E-state index contributed by atoms with van der Waals surface area (Å²) in [4.78, 5) is 11.3. The Balaban J connectivity index is 1.62. The van der Waals surface area contributed by atoms with Crippen LogP contribution in [0.2, 0.25) is 0 Å². The molecule has 1 aromatic heterocycles. The molecule has 0 radical (unpaired) electrons. The highest BCUT2D eigenvalue weighted by Gasteiger charge is 2.22. The first kappa shape index (κ1) is 14.6. The maximum Gasteiger partial charge on any atom is 0.224 e. The Hall–Kier alpha value is -1.36. The molecule has 3 N–H and O–H groups in total. The van der Waals surface area contributed by atoms with E-state index in [0.29, 0.717) is 6.04 Å². The van der Waals surface area contributed by atoms with Gasteiger partial charge in [-0.15, -0.1) is 0 Å². The van der Waals surface area contributed by atoms with Crippen molar-refractivity contribution in [3.8, 4) is 0 Å². The summed E-state index contributed by atoms with van der Waals surface area (Å²) in [6, 6.07) is 2.70. The predicted molar refractivity (Wildman–Crippen MR) is 86.5 cm³/mol. The van der Waals surface area contributed by atoms with Gasteiger partial charge in [0.25, 0.3) is 0 Å². The van der Waals surface area contributed by atoms with E-state index in [4.69, 9.17) is 5.73 Å². The quantitative estimate of drug-likeness (QED) is 0.891. The highest BCUT2D eigenvalue weighted by Crippen LogP contribution is 2.27. The van der Waals surface area contributed by atoms with E-state index in [1.165, 1.54) is 32.1 Å². The fourth-order valence-corrected chi connectivity index (χ4v) is 3.55. The number of rotatable bonds is 4. The Morgan fingerprint density at radius 2 is 2.10 bits per heavy atom. The van der Waals surface area contributed by atoms with Crippen LogP contribution in [0.15, 0.2) is 12.3 Å². The average Bonchev–Trinajstić information content (AvgIpc) is 2.95. The van der Waals surface area contributed by atoms with Gasteiger partial charge in [0.1, 0.15) is 5.82 Å². The monoisotopic (exact) mass is 289 g/mol. The van der Waals surface area contributed by atoms with Crippen LogP contribution in [0.1, 0.15) is 45.4 Å². The summed E-state index contributed by atoms with van der Waals surface area (Å²) in [5, 5.41) is 3.51. The Morgan fingerprint density at radius 1 is 1.29 bits per heavy atom. The smallest absolute Gasteiger partial charge is 0.224 e. The fourth-order valence-electron chi connectivity index (χ4n) is 3.55. The zero-order valence-corrected chi connectivity index (χ0v) is 13.0. The van der Waals surface area contributed by atoms with Gasteiger partial charge in [0.15, 0.2) is 0 Å². The van der Waals surface area contributed by atoms with Crippen LogP contribution in [0.3, 0.4) is 0 Å². The van der Waals surface area contributed by atoms with Crippen LogP contribution in [0.25, 0.3) is 0 Å². The number of nitrogens with two attached hydrogens (primary N) is 1. The Morgan fingerprint density at radius 3 is 2.81 bits per heavy atom. The van der Waals surface area contributed by atoms with Crippen molar-refractivity contribution in [3.63, 3.8) is 0 Å². The normalized spacial score (nSPS) is 25.0. The molecule has 116 valence electrons. The van der Waals surface area contributed by atoms with Gasteiger partial charge in [-0.25, -0.2) is 4.98 Å². The third-order valence-electron chi connectivity index (χ3n) is 4.90. The third-order valence-corrected chi connectivity index (χ3v) is 4.90. The lowest BCUT2D eigenvalue weighted by molar-refractivity contribution is 0.327. The second-order valence-electron chi connectivity index (χ2n) is 6.56. The Bertz CT molecular complexity index is 458. The largest absolute Gasteiger partial charge is 0.355 e. The summed E-state index contributed by atoms with van der Waals surface area (Å²) >= 11 is 0. The van der Waals surface area contributed by atoms with E-state index in [2.05, 4.69) is 27.1 Å². The maximum absolute atomic E-state index is 5.98. The molecule has 0 spiro atoms. The van der Waals surface area contributed by atoms with Crippen LogP contribution >= 0.6 is 0 Å². The van der Waals surface area contributed by atoms with Gasteiger partial charge < -0.3 is 16.0 Å². The molecule has 3 rings (SSSR count). The molecule has 1 saturated heterocycles. The molecule has 0 unspecified atom stereocenters. The molecule has 2 atom stereocenters. The lowest BCUT2D eigenvalue weighted by Crippen LogP contribution is -2.29. The minimum atomic E-state index is 0.275. The first-order chi connectivity index (χ1) is 10.2. The van der Waals surface area contributed by atoms with E-state index in [-0.39, 0.29) is 6.04 Å². The van der Waals surface area contributed by atoms with E-state index in [1.54, 1.807) is 0 Å². The zero-order chi connectivity index (χ0) is 14.7. The minimum absolute atomic E-state index is 0.275. The van der Waals surface area contributed by atoms with Crippen molar-refractivity contribution in [2.75, 3.05) is 23.3 Å². The van der Waals surface area contributed by atoms with Gasteiger partial charge in [0.05, 0.1) is 0 Å². The summed E-state index contributed by atoms with van der Waals surface area (Å²) in [6.07, 6.45) is 9.67. The van der Waals surface area contributed by atoms with Crippen molar-refractivity contribution < 1.29 is 0 Å². The summed E-state index contributed by atoms with van der Waals surface area (Å²) in [5.41, 5.74) is 5.98. The van der Waals surface area contributed by atoms with Gasteiger partial charge in [-0.3, -0.25) is 0 Å². The summed E-state index contributed by atoms with van der Waals surface area (Å²) in [6.45, 7) is 4.15. The van der Waals surface area contributed by atoms with Crippen LogP contribution in [-0.2, 0) is 0 Å². The lowest BCUT2D eigenvalue weighted by Gasteiger charge is -2.28. The molecular weight excluding hydrogens is 262 g/mol. The number of nitrogens with one attached hydrogen (secondary N) is 1. The molecule has 5 nitrogen and oxygen atoms in total. The molecule has 0 amide bonds. The first-order valence-corrected chi connectivity index (χ1v) is 8.32. The molecule has 1 aromatic rings. The summed E-state index contributed by atoms with van der Waals surface area (Å²) < 4.78 is 0. The van der Waals surface area contributed by atoms with Crippen molar-refractivity contribution in [3.05, 3.63) is 12.3 Å². The molecule has 1 aliphatic heterocycles. The zero-order valence-electron chi connectivity index (χ0n) is 13.0. The van der Waals surface area contributed by atoms with Gasteiger partial charge in [0, 0.05) is 31.4 Å². The van der Waals surface area contributed by atoms with Crippen LogP contribution < -0.4 is 16.0 Å². The number of nitrogens with zero attached hydrogens (tertiary/aromatic N) is 3. The average molecular weight is 289 g/mol. The van der Waals surface area contributed by atoms with Gasteiger partial charge in [0.2, 0.25) is 5.95 Å². The lowest BCUT2D eigenvalue weighted by atomic mass is 9.85. The minimum Gasteiger partial charge on any atom is -0.355 e. The van der Waals surface area contributed by atoms with E-state index < -0.39 is 0 Å². The van der Waals surface area contributed by atoms with Gasteiger partial charge in [-0.2, -0.15) is 4.98 Å². The Kier molecular flexibility index (Phi) is 4.58. The van der Waals surface area contributed by atoms with Crippen molar-refractivity contribution in [2.24, 2.45) is 11.7 Å². The van der Waals surface area contributed by atoms with E-state index in [9.17, 15) is 0 Å². The van der Waals surface area contributed by atoms with Crippen LogP contribution in [-0.4, -0.2) is 35.1 Å². The third kappa shape index (κ3) is 3.64. The van der Waals surface area contributed by atoms with Crippen LogP contribution in [0, 0.1) is 5.92 Å². The van der Waals surface area contributed by atoms with E-state index in [1.807, 2.05) is 12.3 Å². The molecular formula is C16H27N5. The van der Waals surface area contributed by atoms with Crippen molar-refractivity contribution in [1.82, 2.24) is 9.97 Å². The molecule has 1 aliphatic carbocycles. The number of hydrogen-bond donors (Lipinski definition) is 2. The van der Waals surface area contributed by atoms with Crippen LogP contribution in [0.4, 0.5) is 11.8 Å². The SMILES string of the molecule is C[C@@H](Nc1nccc(N2CC[C@@H](N)C2)n1)C1CCCCC1. The molecule has 0 bridgehead atoms. The van der Waals surface area contributed by atoms with Crippen molar-refractivity contribution in [2.45, 2.75) is 57.5 Å². The van der Waals surface area contributed by atoms with E-state index in [0.717, 1.165) is 37.2 Å². The molecule has 2 aliphatic rings. The van der Waals surface area contributed by atoms with Gasteiger partial charge in [-0.1, -0.05) is 19.3 Å². The van der Waals surface area contributed by atoms with Crippen molar-refractivity contribution in [1.29, 1.82) is 0 Å². The maximum atomic E-state index is 5.98. The van der Waals surface area contributed by atoms with Gasteiger partial charge in [-0.05, 0) is 38.2 Å². The number of anilines is 2. The fraction of sp³-hybridized carbons (Fsp3) is 0.750. The predicted octanol–water partition coefficient (Wildman–Crippen LogP) is 2.39. The van der Waals surface area contributed by atoms with Crippen LogP contribution in [0.5, 0.6) is 0 Å². The van der Waals surface area contributed by atoms with Gasteiger partial charge >= 0.3 is 0 Å². The number of hydrogen-bond acceptors (Lipinski definition) is 5. The molecule has 0 aromatic carbocycles. The summed E-state index contributed by atoms with van der Waals surface area (Å²) in [5.74, 6) is 2.51. The first-order valence-electron chi connectivity index (χ1n) is 8.32. The second kappa shape index (κ2) is 6.60. The highest BCUT2D eigenvalue weighted by molar-refractivity contribution is 5.44. The highest BCUT2D eigenvalue weighted by atomic mass is 15.2. The van der Waals surface area contributed by atoms with E-state index >= 15 is 0 Å². The molecule has 5 heteroatoms. The number of aromatic nitrogens is 2. The van der Waals surface area contributed by atoms with Crippen molar-refractivity contribution >= 4 is 11.8 Å². The standard InChI is InChI=1S/C16H27N5/c1-12(13-5-3-2-4-6-13)19-16-18-9-7-15(20-16)21-10-8-14(17)11-21/h7,9,12-14H,2-6,8,10-11,17H2,1H3,(H,18,19,20)/t12-,14-/m1/s1. The topological polar surface area (TPSA) is 67.1 Å². The summed E-state index contributed by atoms with van der Waals surface area (Å²) in [7, 11) is 0. The molecule has 21 heavy (non-hydrogen) atoms. The molecule has 2 fully saturated rings.